The van der Waals surface area contributed by atoms with Gasteiger partial charge in [-0.25, -0.2) is 0 Å². The molecule has 0 radical (unpaired) electrons. The molecular weight excluding hydrogens is 1770 g/mol. The van der Waals surface area contributed by atoms with Gasteiger partial charge in [0.2, 0.25) is 0 Å². The highest BCUT2D eigenvalue weighted by Gasteiger charge is 2.89. The molecule has 1 aromatic carbocycles. The Balaban J connectivity index is 3.31. The van der Waals surface area contributed by atoms with Crippen molar-refractivity contribution in [1.82, 2.24) is 0 Å². The lowest BCUT2D eigenvalue weighted by atomic mass is 9.76. The van der Waals surface area contributed by atoms with Crippen LogP contribution in [0, 0.1) is 0 Å². The van der Waals surface area contributed by atoms with E-state index >= 15 is 0 Å². The lowest BCUT2D eigenvalue weighted by Gasteiger charge is -2.70. The molecule has 1 fully saturated rings. The van der Waals surface area contributed by atoms with E-state index in [9.17, 15) is 0 Å². The molecule has 1 aliphatic rings. The Labute approximate surface area is 365 Å². The van der Waals surface area contributed by atoms with Crippen LogP contribution in [0.1, 0.15) is 5.56 Å². The summed E-state index contributed by atoms with van der Waals surface area (Å²) in [7, 11) is 0. The van der Waals surface area contributed by atoms with E-state index in [1.165, 1.54) is 0 Å². The van der Waals surface area contributed by atoms with Crippen LogP contribution in [0.25, 0.3) is 0 Å². The highest BCUT2D eigenvalue weighted by molar-refractivity contribution is 9.40. The van der Waals surface area contributed by atoms with Gasteiger partial charge in [0, 0.05) is 27.9 Å². The second kappa shape index (κ2) is 12.4. The van der Waals surface area contributed by atoms with Crippen molar-refractivity contribution in [2.24, 2.45) is 0 Å². The molecule has 0 heterocycles. The third kappa shape index (κ3) is 5.27. The van der Waals surface area contributed by atoms with Crippen molar-refractivity contribution < 1.29 is 0 Å². The van der Waals surface area contributed by atoms with Crippen molar-refractivity contribution in [3.63, 3.8) is 0 Å². The maximum atomic E-state index is 4.20. The molecule has 1 atom stereocenters. The fraction of sp³-hybridized carbons (Fsp3) is 0.571. The molecule has 20 heteroatoms. The lowest BCUT2D eigenvalue weighted by molar-refractivity contribution is 0.338. The van der Waals surface area contributed by atoms with Crippen molar-refractivity contribution in [2.75, 3.05) is 0 Å². The summed E-state index contributed by atoms with van der Waals surface area (Å²) in [6.45, 7) is 0. The van der Waals surface area contributed by atoms with Gasteiger partial charge in [0.25, 0.3) is 0 Å². The van der Waals surface area contributed by atoms with E-state index in [-0.39, 0.29) is 0 Å². The molecule has 1 aromatic rings. The smallest absolute Gasteiger partial charge is 0.0781 e. The van der Waals surface area contributed by atoms with Gasteiger partial charge in [-0.15, -0.1) is 0 Å². The second-order valence-corrected chi connectivity index (χ2v) is 37.0. The molecule has 34 heavy (non-hydrogen) atoms. The van der Waals surface area contributed by atoms with E-state index in [2.05, 4.69) is 319 Å². The Morgan fingerprint density at radius 2 is 0.618 bits per heavy atom. The zero-order valence-corrected chi connectivity index (χ0v) is 46.3. The number of halogens is 20. The number of rotatable bonds is 2. The first-order chi connectivity index (χ1) is 14.7. The van der Waals surface area contributed by atoms with Crippen molar-refractivity contribution in [1.29, 1.82) is 0 Å². The van der Waals surface area contributed by atoms with E-state index in [1.807, 2.05) is 0 Å². The van der Waals surface area contributed by atoms with Crippen molar-refractivity contribution in [3.05, 3.63) is 27.9 Å². The number of alkyl halides is 15. The summed E-state index contributed by atoms with van der Waals surface area (Å²) in [5.74, 6) is 0. The van der Waals surface area contributed by atoms with Crippen LogP contribution in [0.15, 0.2) is 22.4 Å². The van der Waals surface area contributed by atoms with Gasteiger partial charge < -0.3 is 0 Å². The van der Waals surface area contributed by atoms with Gasteiger partial charge in [0.15, 0.2) is 2.14 Å². The first-order valence-corrected chi connectivity index (χ1v) is 23.4. The maximum absolute atomic E-state index is 4.20. The van der Waals surface area contributed by atoms with E-state index in [1.54, 1.807) is 0 Å². The highest BCUT2D eigenvalue weighted by atomic mass is 80.0. The van der Waals surface area contributed by atoms with Gasteiger partial charge in [-0.2, -0.15) is 0 Å². The summed E-state index contributed by atoms with van der Waals surface area (Å²) in [6, 6.07) is 0. The summed E-state index contributed by atoms with van der Waals surface area (Å²) < 4.78 is -4.03. The van der Waals surface area contributed by atoms with Crippen LogP contribution in [-0.4, -0.2) is 22.6 Å². The third-order valence-corrected chi connectivity index (χ3v) is 40.8. The van der Waals surface area contributed by atoms with Crippen LogP contribution >= 0.6 is 319 Å². The molecule has 0 nitrogen and oxygen atoms in total. The van der Waals surface area contributed by atoms with Gasteiger partial charge in [0.05, 0.1) is 0 Å². The predicted octanol–water partition coefficient (Wildman–Crippen LogP) is 16.5. The van der Waals surface area contributed by atoms with Gasteiger partial charge in [-0.05, 0) is 79.6 Å². The van der Waals surface area contributed by atoms with Crippen LogP contribution in [0.5, 0.6) is 0 Å². The summed E-state index contributed by atoms with van der Waals surface area (Å²) in [5.41, 5.74) is 0.812. The minimum Gasteiger partial charge on any atom is -0.0781 e. The van der Waals surface area contributed by atoms with Crippen molar-refractivity contribution >= 4 is 319 Å². The number of benzene rings is 1. The Kier molecular flexibility index (Phi) is 14.3. The second-order valence-electron chi connectivity index (χ2n) is 6.63. The molecule has 1 saturated carbocycles. The molecule has 0 spiro atoms. The number of hydrogen-bond acceptors (Lipinski definition) is 0. The minimum absolute atomic E-state index is 0.776. The van der Waals surface area contributed by atoms with Crippen molar-refractivity contribution in [2.45, 2.75) is 27.0 Å². The van der Waals surface area contributed by atoms with Gasteiger partial charge in [0.1, 0.15) is 24.8 Å². The zero-order valence-electron chi connectivity index (χ0n) is 14.6. The molecule has 0 aromatic heterocycles. The standard InChI is InChI=1S/C14Br20/c15-2-1(3(16)5(18)6(19)4(2)17)7(20,14(32,33)34)8(21)9(22,23)11(26,27)13(30,31)12(28,29)10(8,24)25. The molecule has 2 rings (SSSR count). The SMILES string of the molecule is Brc1c(Br)c(Br)c(C(Br)(C(Br)(Br)Br)C2(Br)C(Br)(Br)C(Br)(Br)C(Br)(Br)C(Br)(Br)C2(Br)Br)c(Br)c1Br. The molecule has 1 aliphatic carbocycles. The Hall–Kier alpha value is 8.82. The van der Waals surface area contributed by atoms with E-state index < -0.39 is 27.0 Å². The Bertz CT molecular complexity index is 958. The normalized spacial score (nSPS) is 26.1. The van der Waals surface area contributed by atoms with Gasteiger partial charge >= 0.3 is 0 Å². The molecule has 0 aliphatic heterocycles. The summed E-state index contributed by atoms with van der Waals surface area (Å²) in [6.07, 6.45) is 0. The van der Waals surface area contributed by atoms with Crippen LogP contribution in [0.3, 0.4) is 0 Å². The highest BCUT2D eigenvalue weighted by Crippen LogP contribution is 2.87. The molecule has 0 amide bonds. The third-order valence-electron chi connectivity index (χ3n) is 4.86. The summed E-state index contributed by atoms with van der Waals surface area (Å²) >= 11 is 78.2. The number of hydrogen-bond donors (Lipinski definition) is 0. The lowest BCUT2D eigenvalue weighted by Crippen LogP contribution is -2.83. The summed E-state index contributed by atoms with van der Waals surface area (Å²) in [5, 5.41) is 0. The van der Waals surface area contributed by atoms with E-state index in [0.29, 0.717) is 0 Å². The molecule has 0 saturated heterocycles. The minimum atomic E-state index is -1.11. The van der Waals surface area contributed by atoms with Crippen LogP contribution < -0.4 is 0 Å². The van der Waals surface area contributed by atoms with Crippen molar-refractivity contribution in [3.8, 4) is 0 Å². The molecule has 0 N–H and O–H groups in total. The Morgan fingerprint density at radius 3 is 0.882 bits per heavy atom. The van der Waals surface area contributed by atoms with E-state index in [4.69, 9.17) is 0 Å². The quantitative estimate of drug-likeness (QED) is 0.157. The summed E-state index contributed by atoms with van der Waals surface area (Å²) in [4.78, 5) is 0. The molecular formula is C14Br20. The van der Waals surface area contributed by atoms with Crippen LogP contribution in [0.2, 0.25) is 0 Å². The van der Waals surface area contributed by atoms with E-state index in [0.717, 1.165) is 27.9 Å². The first kappa shape index (κ1) is 39.0. The maximum Gasteiger partial charge on any atom is 0.155 e. The monoisotopic (exact) mass is 1750 g/mol. The van der Waals surface area contributed by atoms with Gasteiger partial charge in [-0.1, -0.05) is 239 Å². The van der Waals surface area contributed by atoms with Crippen LogP contribution in [-0.2, 0) is 4.32 Å². The molecule has 1 unspecified atom stereocenters. The zero-order chi connectivity index (χ0) is 27.5. The predicted molar refractivity (Wildman–Crippen MR) is 220 cm³/mol. The fourth-order valence-corrected chi connectivity index (χ4v) is 25.1. The largest absolute Gasteiger partial charge is 0.155 e. The first-order valence-electron chi connectivity index (χ1n) is 7.53. The average molecular weight is 1770 g/mol. The topological polar surface area (TPSA) is 0 Å². The van der Waals surface area contributed by atoms with Crippen LogP contribution in [0.4, 0.5) is 0 Å². The Morgan fingerprint density at radius 1 is 0.382 bits per heavy atom. The molecule has 196 valence electrons. The fourth-order valence-electron chi connectivity index (χ4n) is 3.07. The molecule has 0 bridgehead atoms. The van der Waals surface area contributed by atoms with Gasteiger partial charge in [-0.3, -0.25) is 0 Å². The average Bonchev–Trinajstić information content (AvgIpc) is 2.67.